The van der Waals surface area contributed by atoms with Gasteiger partial charge in [-0.25, -0.2) is 9.78 Å². The summed E-state index contributed by atoms with van der Waals surface area (Å²) in [6, 6.07) is 3.52. The van der Waals surface area contributed by atoms with Gasteiger partial charge < -0.3 is 10.0 Å². The number of piperidine rings is 1. The fourth-order valence-electron chi connectivity index (χ4n) is 3.07. The molecule has 1 saturated carbocycles. The van der Waals surface area contributed by atoms with Gasteiger partial charge in [-0.2, -0.15) is 9.49 Å². The van der Waals surface area contributed by atoms with Gasteiger partial charge in [0.15, 0.2) is 0 Å². The number of hydrogen-bond donors (Lipinski definition) is 1. The zero-order valence-electron chi connectivity index (χ0n) is 11.8. The maximum Gasteiger partial charge on any atom is 0.338 e. The van der Waals surface area contributed by atoms with Crippen LogP contribution in [0.4, 0.5) is 10.2 Å². The molecule has 0 amide bonds. The number of anilines is 1. The summed E-state index contributed by atoms with van der Waals surface area (Å²) in [5.74, 6) is 0.643. The number of fused-ring (bicyclic) bond motifs is 1. The van der Waals surface area contributed by atoms with Crippen molar-refractivity contribution in [1.29, 1.82) is 0 Å². The summed E-state index contributed by atoms with van der Waals surface area (Å²) in [5, 5.41) is 12.8. The molecule has 114 valence electrons. The molecule has 3 heterocycles. The Hall–Kier alpha value is -2.44. The van der Waals surface area contributed by atoms with Crippen molar-refractivity contribution in [1.82, 2.24) is 14.8 Å². The van der Waals surface area contributed by atoms with Crippen LogP contribution in [-0.4, -0.2) is 38.9 Å². The number of halogens is 1. The van der Waals surface area contributed by atoms with Crippen molar-refractivity contribution in [2.24, 2.45) is 11.8 Å². The van der Waals surface area contributed by atoms with Gasteiger partial charge in [-0.15, -0.1) is 0 Å². The smallest absolute Gasteiger partial charge is 0.338 e. The fraction of sp³-hybridized carbons (Fsp3) is 0.400. The van der Waals surface area contributed by atoms with Crippen molar-refractivity contribution in [2.75, 3.05) is 18.0 Å². The lowest BCUT2D eigenvalue weighted by atomic mass is 10.2. The SMILES string of the molecule is O=C(O)c1cnn(Cc2ccc(N3CC4CC4C3)nc2F)c1. The third kappa shape index (κ3) is 2.32. The minimum atomic E-state index is -1.05. The first-order chi connectivity index (χ1) is 10.6. The predicted octanol–water partition coefficient (Wildman–Crippen LogP) is 1.62. The van der Waals surface area contributed by atoms with E-state index >= 15 is 0 Å². The van der Waals surface area contributed by atoms with E-state index in [1.807, 2.05) is 6.07 Å². The van der Waals surface area contributed by atoms with E-state index < -0.39 is 11.9 Å². The number of nitrogens with zero attached hydrogens (tertiary/aromatic N) is 4. The Morgan fingerprint density at radius 1 is 1.36 bits per heavy atom. The van der Waals surface area contributed by atoms with Gasteiger partial charge >= 0.3 is 5.97 Å². The van der Waals surface area contributed by atoms with Crippen LogP contribution < -0.4 is 4.90 Å². The van der Waals surface area contributed by atoms with Crippen LogP contribution in [-0.2, 0) is 6.54 Å². The maximum atomic E-state index is 14.2. The molecule has 2 atom stereocenters. The summed E-state index contributed by atoms with van der Waals surface area (Å²) in [5.41, 5.74) is 0.481. The summed E-state index contributed by atoms with van der Waals surface area (Å²) in [6.45, 7) is 2.10. The van der Waals surface area contributed by atoms with E-state index in [0.717, 1.165) is 24.9 Å². The van der Waals surface area contributed by atoms with Gasteiger partial charge in [0.2, 0.25) is 5.95 Å². The largest absolute Gasteiger partial charge is 0.478 e. The third-order valence-corrected chi connectivity index (χ3v) is 4.43. The van der Waals surface area contributed by atoms with Crippen LogP contribution in [0.5, 0.6) is 0 Å². The molecule has 4 rings (SSSR count). The standard InChI is InChI=1S/C15H15FN4O2/c16-14-9(7-20-8-12(4-17-20)15(21)22)1-2-13(18-14)19-5-10-3-11(10)6-19/h1-2,4,8,10-11H,3,5-7H2,(H,21,22). The molecule has 0 bridgehead atoms. The van der Waals surface area contributed by atoms with Crippen LogP contribution in [0, 0.1) is 17.8 Å². The Bertz CT molecular complexity index is 735. The molecule has 1 saturated heterocycles. The van der Waals surface area contributed by atoms with Crippen molar-refractivity contribution in [3.05, 3.63) is 41.6 Å². The van der Waals surface area contributed by atoms with E-state index in [1.54, 1.807) is 6.07 Å². The molecule has 2 fully saturated rings. The highest BCUT2D eigenvalue weighted by molar-refractivity contribution is 5.86. The molecule has 0 radical (unpaired) electrons. The molecule has 1 aliphatic carbocycles. The lowest BCUT2D eigenvalue weighted by Gasteiger charge is -2.19. The molecule has 0 spiro atoms. The van der Waals surface area contributed by atoms with Crippen molar-refractivity contribution in [3.8, 4) is 0 Å². The Kier molecular flexibility index (Phi) is 2.88. The highest BCUT2D eigenvalue weighted by atomic mass is 19.1. The van der Waals surface area contributed by atoms with Crippen LogP contribution in [0.25, 0.3) is 0 Å². The molecule has 2 aromatic heterocycles. The molecule has 22 heavy (non-hydrogen) atoms. The summed E-state index contributed by atoms with van der Waals surface area (Å²) in [6.07, 6.45) is 3.92. The van der Waals surface area contributed by atoms with Gasteiger partial charge in [0.25, 0.3) is 0 Å². The van der Waals surface area contributed by atoms with Crippen LogP contribution in [0.2, 0.25) is 0 Å². The zero-order valence-corrected chi connectivity index (χ0v) is 11.8. The van der Waals surface area contributed by atoms with Gasteiger partial charge in [0, 0.05) is 24.8 Å². The molecule has 7 heteroatoms. The van der Waals surface area contributed by atoms with Crippen LogP contribution >= 0.6 is 0 Å². The molecule has 2 aromatic rings. The topological polar surface area (TPSA) is 71.2 Å². The predicted molar refractivity (Wildman–Crippen MR) is 76.3 cm³/mol. The molecule has 6 nitrogen and oxygen atoms in total. The Labute approximate surface area is 126 Å². The molecular weight excluding hydrogens is 287 g/mol. The maximum absolute atomic E-state index is 14.2. The van der Waals surface area contributed by atoms with Crippen molar-refractivity contribution in [2.45, 2.75) is 13.0 Å². The number of carboxylic acids is 1. The first-order valence-electron chi connectivity index (χ1n) is 7.26. The minimum Gasteiger partial charge on any atom is -0.478 e. The summed E-state index contributed by atoms with van der Waals surface area (Å²) < 4.78 is 15.6. The number of carbonyl (C=O) groups is 1. The second-order valence-corrected chi connectivity index (χ2v) is 6.01. The molecule has 1 N–H and O–H groups in total. The highest BCUT2D eigenvalue weighted by Crippen LogP contribution is 2.45. The Balaban J connectivity index is 1.50. The fourth-order valence-corrected chi connectivity index (χ4v) is 3.07. The van der Waals surface area contributed by atoms with Crippen molar-refractivity contribution in [3.63, 3.8) is 0 Å². The van der Waals surface area contributed by atoms with E-state index in [4.69, 9.17) is 5.11 Å². The molecular formula is C15H15FN4O2. The number of rotatable bonds is 4. The van der Waals surface area contributed by atoms with Crippen molar-refractivity contribution >= 4 is 11.8 Å². The number of pyridine rings is 1. The van der Waals surface area contributed by atoms with Gasteiger partial charge in [-0.3, -0.25) is 4.68 Å². The summed E-state index contributed by atoms with van der Waals surface area (Å²) in [7, 11) is 0. The van der Waals surface area contributed by atoms with E-state index in [2.05, 4.69) is 15.0 Å². The van der Waals surface area contributed by atoms with Gasteiger partial charge in [0.05, 0.1) is 18.3 Å². The van der Waals surface area contributed by atoms with Gasteiger partial charge in [0.1, 0.15) is 5.82 Å². The zero-order chi connectivity index (χ0) is 15.3. The second-order valence-electron chi connectivity index (χ2n) is 6.01. The Morgan fingerprint density at radius 2 is 2.14 bits per heavy atom. The molecule has 2 aliphatic rings. The number of carboxylic acid groups (broad SMARTS) is 1. The van der Waals surface area contributed by atoms with Crippen molar-refractivity contribution < 1.29 is 14.3 Å². The van der Waals surface area contributed by atoms with E-state index in [0.29, 0.717) is 11.4 Å². The third-order valence-electron chi connectivity index (χ3n) is 4.43. The average molecular weight is 302 g/mol. The lowest BCUT2D eigenvalue weighted by molar-refractivity contribution is 0.0697. The Morgan fingerprint density at radius 3 is 2.77 bits per heavy atom. The van der Waals surface area contributed by atoms with E-state index in [1.165, 1.54) is 23.5 Å². The minimum absolute atomic E-state index is 0.0845. The summed E-state index contributed by atoms with van der Waals surface area (Å²) >= 11 is 0. The van der Waals surface area contributed by atoms with Crippen LogP contribution in [0.1, 0.15) is 22.3 Å². The average Bonchev–Trinajstić information content (AvgIpc) is 2.89. The first-order valence-corrected chi connectivity index (χ1v) is 7.26. The second kappa shape index (κ2) is 4.79. The van der Waals surface area contributed by atoms with E-state index in [-0.39, 0.29) is 12.1 Å². The monoisotopic (exact) mass is 302 g/mol. The number of aromatic carboxylic acids is 1. The normalized spacial score (nSPS) is 22.7. The first kappa shape index (κ1) is 13.2. The quantitative estimate of drug-likeness (QED) is 0.869. The molecule has 1 aliphatic heterocycles. The lowest BCUT2D eigenvalue weighted by Crippen LogP contribution is -2.23. The van der Waals surface area contributed by atoms with Gasteiger partial charge in [-0.1, -0.05) is 0 Å². The number of hydrogen-bond acceptors (Lipinski definition) is 4. The van der Waals surface area contributed by atoms with Crippen LogP contribution in [0.15, 0.2) is 24.5 Å². The van der Waals surface area contributed by atoms with Crippen LogP contribution in [0.3, 0.4) is 0 Å². The summed E-state index contributed by atoms with van der Waals surface area (Å²) in [4.78, 5) is 17.0. The van der Waals surface area contributed by atoms with Gasteiger partial charge in [-0.05, 0) is 30.4 Å². The number of aromatic nitrogens is 3. The highest BCUT2D eigenvalue weighted by Gasteiger charge is 2.45. The molecule has 0 aromatic carbocycles. The van der Waals surface area contributed by atoms with E-state index in [9.17, 15) is 9.18 Å². The molecule has 2 unspecified atom stereocenters.